The first-order valence-electron chi connectivity index (χ1n) is 8.46. The number of hydrogen-bond acceptors (Lipinski definition) is 1. The topological polar surface area (TPSA) is 32.3 Å². The summed E-state index contributed by atoms with van der Waals surface area (Å²) in [5.41, 5.74) is 2.28. The van der Waals surface area contributed by atoms with E-state index in [1.807, 2.05) is 35.2 Å². The number of aryl methyl sites for hydroxylation is 1. The average molecular weight is 308 g/mol. The maximum atomic E-state index is 12.3. The van der Waals surface area contributed by atoms with Crippen LogP contribution in [0.4, 0.5) is 10.5 Å². The van der Waals surface area contributed by atoms with Crippen molar-refractivity contribution in [2.75, 3.05) is 18.4 Å². The summed E-state index contributed by atoms with van der Waals surface area (Å²) in [6.07, 6.45) is 4.57. The molecule has 2 amide bonds. The van der Waals surface area contributed by atoms with Gasteiger partial charge in [0.1, 0.15) is 0 Å². The van der Waals surface area contributed by atoms with Gasteiger partial charge in [0.25, 0.3) is 0 Å². The summed E-state index contributed by atoms with van der Waals surface area (Å²) in [4.78, 5) is 14.2. The molecule has 2 aromatic carbocycles. The highest BCUT2D eigenvalue weighted by atomic mass is 16.2. The molecule has 1 aliphatic rings. The maximum Gasteiger partial charge on any atom is 0.321 e. The lowest BCUT2D eigenvalue weighted by molar-refractivity contribution is 0.180. The molecule has 0 atom stereocenters. The van der Waals surface area contributed by atoms with Gasteiger partial charge in [-0.1, -0.05) is 48.5 Å². The van der Waals surface area contributed by atoms with Crippen LogP contribution in [-0.4, -0.2) is 24.0 Å². The minimum atomic E-state index is 0.0257. The number of hydrogen-bond donors (Lipinski definition) is 1. The van der Waals surface area contributed by atoms with Gasteiger partial charge in [-0.15, -0.1) is 0 Å². The minimum absolute atomic E-state index is 0.0257. The predicted octanol–water partition coefficient (Wildman–Crippen LogP) is 4.56. The number of anilines is 1. The molecule has 0 bridgehead atoms. The van der Waals surface area contributed by atoms with Gasteiger partial charge in [0.2, 0.25) is 0 Å². The van der Waals surface area contributed by atoms with Crippen LogP contribution in [0, 0.1) is 5.92 Å². The molecule has 1 fully saturated rings. The first-order valence-corrected chi connectivity index (χ1v) is 8.46. The molecule has 3 nitrogen and oxygen atoms in total. The second-order valence-corrected chi connectivity index (χ2v) is 6.25. The van der Waals surface area contributed by atoms with E-state index >= 15 is 0 Å². The standard InChI is InChI=1S/C20H24N2O/c23-20(21-19-9-5-2-6-10-19)22-15-13-18(14-16-22)12-11-17-7-3-1-4-8-17/h1-10,18H,11-16H2,(H,21,23). The van der Waals surface area contributed by atoms with Crippen LogP contribution in [0.5, 0.6) is 0 Å². The molecular formula is C20H24N2O. The van der Waals surface area contributed by atoms with E-state index in [0.717, 1.165) is 44.0 Å². The van der Waals surface area contributed by atoms with Crippen molar-refractivity contribution in [3.63, 3.8) is 0 Å². The lowest BCUT2D eigenvalue weighted by atomic mass is 9.90. The number of rotatable bonds is 4. The quantitative estimate of drug-likeness (QED) is 0.882. The van der Waals surface area contributed by atoms with E-state index in [2.05, 4.69) is 35.6 Å². The molecule has 0 unspecified atom stereocenters. The highest BCUT2D eigenvalue weighted by Crippen LogP contribution is 2.23. The van der Waals surface area contributed by atoms with Crippen molar-refractivity contribution in [2.45, 2.75) is 25.7 Å². The van der Waals surface area contributed by atoms with Gasteiger partial charge >= 0.3 is 6.03 Å². The van der Waals surface area contributed by atoms with Gasteiger partial charge in [0, 0.05) is 18.8 Å². The summed E-state index contributed by atoms with van der Waals surface area (Å²) >= 11 is 0. The Balaban J connectivity index is 1.42. The molecule has 23 heavy (non-hydrogen) atoms. The fraction of sp³-hybridized carbons (Fsp3) is 0.350. The van der Waals surface area contributed by atoms with E-state index in [1.165, 1.54) is 12.0 Å². The van der Waals surface area contributed by atoms with E-state index in [4.69, 9.17) is 0 Å². The molecule has 0 aliphatic carbocycles. The Morgan fingerprint density at radius 2 is 1.57 bits per heavy atom. The summed E-state index contributed by atoms with van der Waals surface area (Å²) in [6, 6.07) is 20.4. The molecule has 3 heteroatoms. The second kappa shape index (κ2) is 7.82. The first kappa shape index (κ1) is 15.6. The third-order valence-electron chi connectivity index (χ3n) is 4.61. The normalized spacial score (nSPS) is 15.4. The van der Waals surface area contributed by atoms with Gasteiger partial charge < -0.3 is 10.2 Å². The van der Waals surface area contributed by atoms with Gasteiger partial charge in [0.15, 0.2) is 0 Å². The maximum absolute atomic E-state index is 12.3. The highest BCUT2D eigenvalue weighted by molar-refractivity contribution is 5.89. The Kier molecular flexibility index (Phi) is 5.30. The summed E-state index contributed by atoms with van der Waals surface area (Å²) in [5.74, 6) is 0.732. The van der Waals surface area contributed by atoms with Gasteiger partial charge in [-0.05, 0) is 49.3 Å². The Hall–Kier alpha value is -2.29. The van der Waals surface area contributed by atoms with Crippen LogP contribution in [0.2, 0.25) is 0 Å². The molecule has 1 saturated heterocycles. The van der Waals surface area contributed by atoms with E-state index in [-0.39, 0.29) is 6.03 Å². The smallest absolute Gasteiger partial charge is 0.321 e. The third-order valence-corrected chi connectivity index (χ3v) is 4.61. The van der Waals surface area contributed by atoms with Crippen LogP contribution in [0.1, 0.15) is 24.8 Å². The van der Waals surface area contributed by atoms with Gasteiger partial charge in [-0.3, -0.25) is 0 Å². The molecule has 1 N–H and O–H groups in total. The Labute approximate surface area is 138 Å². The van der Waals surface area contributed by atoms with Crippen LogP contribution >= 0.6 is 0 Å². The Bertz CT molecular complexity index is 604. The number of likely N-dealkylation sites (tertiary alicyclic amines) is 1. The number of nitrogens with one attached hydrogen (secondary N) is 1. The number of carbonyl (C=O) groups is 1. The number of benzene rings is 2. The van der Waals surface area contributed by atoms with Crippen molar-refractivity contribution in [1.29, 1.82) is 0 Å². The average Bonchev–Trinajstić information content (AvgIpc) is 2.62. The van der Waals surface area contributed by atoms with Crippen LogP contribution in [0.3, 0.4) is 0 Å². The summed E-state index contributed by atoms with van der Waals surface area (Å²) < 4.78 is 0. The summed E-state index contributed by atoms with van der Waals surface area (Å²) in [7, 11) is 0. The fourth-order valence-corrected chi connectivity index (χ4v) is 3.16. The number of para-hydroxylation sites is 1. The fourth-order valence-electron chi connectivity index (χ4n) is 3.16. The van der Waals surface area contributed by atoms with E-state index in [9.17, 15) is 4.79 Å². The first-order chi connectivity index (χ1) is 11.3. The molecular weight excluding hydrogens is 284 g/mol. The predicted molar refractivity (Wildman–Crippen MR) is 94.5 cm³/mol. The van der Waals surface area contributed by atoms with Crippen molar-refractivity contribution in [3.8, 4) is 0 Å². The van der Waals surface area contributed by atoms with Crippen LogP contribution < -0.4 is 5.32 Å². The lowest BCUT2D eigenvalue weighted by Gasteiger charge is -2.32. The third kappa shape index (κ3) is 4.59. The molecule has 1 aliphatic heterocycles. The summed E-state index contributed by atoms with van der Waals surface area (Å²) in [6.45, 7) is 1.72. The SMILES string of the molecule is O=C(Nc1ccccc1)N1CCC(CCc2ccccc2)CC1. The number of urea groups is 1. The number of nitrogens with zero attached hydrogens (tertiary/aromatic N) is 1. The van der Waals surface area contributed by atoms with Crippen molar-refractivity contribution in [2.24, 2.45) is 5.92 Å². The van der Waals surface area contributed by atoms with Gasteiger partial charge in [0.05, 0.1) is 0 Å². The van der Waals surface area contributed by atoms with E-state index < -0.39 is 0 Å². The Morgan fingerprint density at radius 1 is 0.957 bits per heavy atom. The zero-order valence-electron chi connectivity index (χ0n) is 13.4. The molecule has 0 radical (unpaired) electrons. The van der Waals surface area contributed by atoms with Crippen molar-refractivity contribution in [1.82, 2.24) is 4.90 Å². The molecule has 3 rings (SSSR count). The number of piperidine rings is 1. The minimum Gasteiger partial charge on any atom is -0.325 e. The highest BCUT2D eigenvalue weighted by Gasteiger charge is 2.22. The van der Waals surface area contributed by atoms with Gasteiger partial charge in [-0.25, -0.2) is 4.79 Å². The lowest BCUT2D eigenvalue weighted by Crippen LogP contribution is -2.41. The molecule has 0 spiro atoms. The summed E-state index contributed by atoms with van der Waals surface area (Å²) in [5, 5.41) is 2.97. The Morgan fingerprint density at radius 3 is 2.22 bits per heavy atom. The monoisotopic (exact) mass is 308 g/mol. The van der Waals surface area contributed by atoms with E-state index in [0.29, 0.717) is 0 Å². The molecule has 0 aromatic heterocycles. The largest absolute Gasteiger partial charge is 0.325 e. The van der Waals surface area contributed by atoms with Crippen molar-refractivity contribution in [3.05, 3.63) is 66.2 Å². The number of amides is 2. The van der Waals surface area contributed by atoms with Crippen LogP contribution in [-0.2, 0) is 6.42 Å². The van der Waals surface area contributed by atoms with Crippen LogP contribution in [0.25, 0.3) is 0 Å². The molecule has 120 valence electrons. The van der Waals surface area contributed by atoms with Crippen molar-refractivity contribution < 1.29 is 4.79 Å². The second-order valence-electron chi connectivity index (χ2n) is 6.25. The molecule has 2 aromatic rings. The zero-order chi connectivity index (χ0) is 15.9. The molecule has 0 saturated carbocycles. The van der Waals surface area contributed by atoms with Gasteiger partial charge in [-0.2, -0.15) is 0 Å². The number of carbonyl (C=O) groups excluding carboxylic acids is 1. The van der Waals surface area contributed by atoms with Crippen molar-refractivity contribution >= 4 is 11.7 Å². The van der Waals surface area contributed by atoms with E-state index in [1.54, 1.807) is 0 Å². The van der Waals surface area contributed by atoms with Crippen LogP contribution in [0.15, 0.2) is 60.7 Å². The zero-order valence-corrected chi connectivity index (χ0v) is 13.4. The molecule has 1 heterocycles.